The Morgan fingerprint density at radius 2 is 2.11 bits per heavy atom. The molecule has 0 fully saturated rings. The smallest absolute Gasteiger partial charge is 0.339 e. The van der Waals surface area contributed by atoms with Crippen molar-refractivity contribution in [2.24, 2.45) is 0 Å². The Hall–Kier alpha value is -1.65. The first-order chi connectivity index (χ1) is 8.99. The number of carbonyl (C=O) groups is 1. The summed E-state index contributed by atoms with van der Waals surface area (Å²) in [5.41, 5.74) is 1.63. The highest BCUT2D eigenvalue weighted by Crippen LogP contribution is 2.29. The standard InChI is InChI=1S/C13H11Cl2NO3/c1-7-4-10(15)11(5-9(7)14)16-6-12-8(13(17)18)2-3-19-12/h2-5,16H,6H2,1H3,(H,17,18). The Labute approximate surface area is 119 Å². The van der Waals surface area contributed by atoms with Crippen LogP contribution in [0.5, 0.6) is 0 Å². The lowest BCUT2D eigenvalue weighted by Gasteiger charge is -2.09. The number of rotatable bonds is 4. The number of aromatic carboxylic acids is 1. The molecule has 100 valence electrons. The summed E-state index contributed by atoms with van der Waals surface area (Å²) < 4.78 is 5.12. The van der Waals surface area contributed by atoms with Gasteiger partial charge in [0.05, 0.1) is 23.5 Å². The van der Waals surface area contributed by atoms with Crippen molar-refractivity contribution in [1.82, 2.24) is 0 Å². The quantitative estimate of drug-likeness (QED) is 0.888. The third-order valence-electron chi connectivity index (χ3n) is 2.66. The van der Waals surface area contributed by atoms with Crippen molar-refractivity contribution < 1.29 is 14.3 Å². The molecule has 2 rings (SSSR count). The Morgan fingerprint density at radius 3 is 2.79 bits per heavy atom. The molecule has 4 nitrogen and oxygen atoms in total. The topological polar surface area (TPSA) is 62.5 Å². The van der Waals surface area contributed by atoms with Gasteiger partial charge in [0.2, 0.25) is 0 Å². The summed E-state index contributed by atoms with van der Waals surface area (Å²) in [7, 11) is 0. The molecule has 0 spiro atoms. The maximum atomic E-state index is 10.9. The van der Waals surface area contributed by atoms with Crippen molar-refractivity contribution in [3.63, 3.8) is 0 Å². The lowest BCUT2D eigenvalue weighted by Crippen LogP contribution is -2.05. The molecule has 0 saturated heterocycles. The number of hydrogen-bond acceptors (Lipinski definition) is 3. The van der Waals surface area contributed by atoms with Crippen LogP contribution in [-0.2, 0) is 6.54 Å². The molecule has 0 radical (unpaired) electrons. The fourth-order valence-corrected chi connectivity index (χ4v) is 2.07. The highest BCUT2D eigenvalue weighted by atomic mass is 35.5. The van der Waals surface area contributed by atoms with Crippen molar-refractivity contribution >= 4 is 34.9 Å². The Kier molecular flexibility index (Phi) is 4.02. The fourth-order valence-electron chi connectivity index (χ4n) is 1.63. The molecule has 1 heterocycles. The van der Waals surface area contributed by atoms with Crippen LogP contribution in [0.25, 0.3) is 0 Å². The molecule has 2 N–H and O–H groups in total. The second kappa shape index (κ2) is 5.55. The zero-order valence-electron chi connectivity index (χ0n) is 10.0. The molecule has 0 saturated carbocycles. The van der Waals surface area contributed by atoms with Gasteiger partial charge in [0.1, 0.15) is 11.3 Å². The minimum Gasteiger partial charge on any atom is -0.478 e. The van der Waals surface area contributed by atoms with Crippen LogP contribution in [-0.4, -0.2) is 11.1 Å². The minimum absolute atomic E-state index is 0.127. The van der Waals surface area contributed by atoms with Gasteiger partial charge in [-0.15, -0.1) is 0 Å². The van der Waals surface area contributed by atoms with E-state index in [4.69, 9.17) is 32.7 Å². The number of anilines is 1. The Bertz CT molecular complexity index is 622. The number of halogens is 2. The van der Waals surface area contributed by atoms with Crippen LogP contribution in [0, 0.1) is 6.92 Å². The highest BCUT2D eigenvalue weighted by molar-refractivity contribution is 6.35. The summed E-state index contributed by atoms with van der Waals surface area (Å²) in [4.78, 5) is 10.9. The molecule has 0 unspecified atom stereocenters. The van der Waals surface area contributed by atoms with E-state index in [0.29, 0.717) is 21.5 Å². The zero-order valence-corrected chi connectivity index (χ0v) is 11.5. The van der Waals surface area contributed by atoms with Gasteiger partial charge in [0.25, 0.3) is 0 Å². The first-order valence-corrected chi connectivity index (χ1v) is 6.24. The summed E-state index contributed by atoms with van der Waals surface area (Å²) in [5.74, 6) is -0.696. The molecule has 0 atom stereocenters. The van der Waals surface area contributed by atoms with Gasteiger partial charge in [-0.05, 0) is 30.7 Å². The van der Waals surface area contributed by atoms with E-state index >= 15 is 0 Å². The van der Waals surface area contributed by atoms with E-state index in [1.165, 1.54) is 12.3 Å². The molecule has 1 aromatic heterocycles. The van der Waals surface area contributed by atoms with Crippen molar-refractivity contribution in [3.8, 4) is 0 Å². The summed E-state index contributed by atoms with van der Waals surface area (Å²) in [6, 6.07) is 4.85. The van der Waals surface area contributed by atoms with E-state index in [2.05, 4.69) is 5.32 Å². The molecule has 0 bridgehead atoms. The first kappa shape index (κ1) is 13.8. The number of furan rings is 1. The van der Waals surface area contributed by atoms with E-state index < -0.39 is 5.97 Å². The van der Waals surface area contributed by atoms with Crippen molar-refractivity contribution in [2.45, 2.75) is 13.5 Å². The third kappa shape index (κ3) is 3.03. The lowest BCUT2D eigenvalue weighted by molar-refractivity contribution is 0.0694. The van der Waals surface area contributed by atoms with Gasteiger partial charge in [0.15, 0.2) is 0 Å². The molecular formula is C13H11Cl2NO3. The molecule has 0 amide bonds. The average Bonchev–Trinajstić information content (AvgIpc) is 2.80. The predicted octanol–water partition coefficient (Wildman–Crippen LogP) is 4.21. The molecule has 0 aliphatic carbocycles. The number of hydrogen-bond donors (Lipinski definition) is 2. The van der Waals surface area contributed by atoms with E-state index in [9.17, 15) is 4.79 Å². The molecular weight excluding hydrogens is 289 g/mol. The molecule has 0 aliphatic rings. The second-order valence-electron chi connectivity index (χ2n) is 4.00. The van der Waals surface area contributed by atoms with E-state index in [-0.39, 0.29) is 12.1 Å². The van der Waals surface area contributed by atoms with Crippen LogP contribution in [0.15, 0.2) is 28.9 Å². The first-order valence-electron chi connectivity index (χ1n) is 5.48. The third-order valence-corrected chi connectivity index (χ3v) is 3.38. The number of aryl methyl sites for hydroxylation is 1. The van der Waals surface area contributed by atoms with Crippen molar-refractivity contribution in [3.05, 3.63) is 51.4 Å². The van der Waals surface area contributed by atoms with Crippen LogP contribution >= 0.6 is 23.2 Å². The summed E-state index contributed by atoms with van der Waals surface area (Å²) >= 11 is 12.1. The molecule has 0 aliphatic heterocycles. The summed E-state index contributed by atoms with van der Waals surface area (Å²) in [6.07, 6.45) is 1.34. The summed E-state index contributed by atoms with van der Waals surface area (Å²) in [6.45, 7) is 2.07. The average molecular weight is 300 g/mol. The Morgan fingerprint density at radius 1 is 1.37 bits per heavy atom. The minimum atomic E-state index is -1.03. The maximum Gasteiger partial charge on any atom is 0.339 e. The molecule has 6 heteroatoms. The number of benzene rings is 1. The van der Waals surface area contributed by atoms with Crippen LogP contribution < -0.4 is 5.32 Å². The lowest BCUT2D eigenvalue weighted by atomic mass is 10.2. The maximum absolute atomic E-state index is 10.9. The Balaban J connectivity index is 2.17. The van der Waals surface area contributed by atoms with E-state index in [1.807, 2.05) is 6.92 Å². The zero-order chi connectivity index (χ0) is 14.0. The van der Waals surface area contributed by atoms with Gasteiger partial charge >= 0.3 is 5.97 Å². The van der Waals surface area contributed by atoms with Gasteiger partial charge in [0, 0.05) is 5.02 Å². The number of carboxylic acid groups (broad SMARTS) is 1. The highest BCUT2D eigenvalue weighted by Gasteiger charge is 2.13. The van der Waals surface area contributed by atoms with E-state index in [1.54, 1.807) is 12.1 Å². The predicted molar refractivity (Wildman–Crippen MR) is 74.2 cm³/mol. The monoisotopic (exact) mass is 299 g/mol. The van der Waals surface area contributed by atoms with Crippen LogP contribution in [0.3, 0.4) is 0 Å². The van der Waals surface area contributed by atoms with E-state index in [0.717, 1.165) is 5.56 Å². The van der Waals surface area contributed by atoms with Gasteiger partial charge in [-0.2, -0.15) is 0 Å². The molecule has 1 aromatic carbocycles. The molecule has 2 aromatic rings. The summed E-state index contributed by atoms with van der Waals surface area (Å²) in [5, 5.41) is 13.1. The fraction of sp³-hybridized carbons (Fsp3) is 0.154. The van der Waals surface area contributed by atoms with Gasteiger partial charge < -0.3 is 14.8 Å². The van der Waals surface area contributed by atoms with Gasteiger partial charge in [-0.1, -0.05) is 23.2 Å². The molecule has 19 heavy (non-hydrogen) atoms. The van der Waals surface area contributed by atoms with Crippen LogP contribution in [0.1, 0.15) is 21.7 Å². The van der Waals surface area contributed by atoms with Crippen LogP contribution in [0.4, 0.5) is 5.69 Å². The second-order valence-corrected chi connectivity index (χ2v) is 4.81. The normalized spacial score (nSPS) is 10.5. The van der Waals surface area contributed by atoms with Crippen molar-refractivity contribution in [2.75, 3.05) is 5.32 Å². The van der Waals surface area contributed by atoms with Gasteiger partial charge in [-0.3, -0.25) is 0 Å². The SMILES string of the molecule is Cc1cc(Cl)c(NCc2occc2C(=O)O)cc1Cl. The number of nitrogens with one attached hydrogen (secondary N) is 1. The largest absolute Gasteiger partial charge is 0.478 e. The number of carboxylic acids is 1. The van der Waals surface area contributed by atoms with Gasteiger partial charge in [-0.25, -0.2) is 4.79 Å². The van der Waals surface area contributed by atoms with Crippen LogP contribution in [0.2, 0.25) is 10.0 Å². The van der Waals surface area contributed by atoms with Crippen molar-refractivity contribution in [1.29, 1.82) is 0 Å².